The van der Waals surface area contributed by atoms with Crippen LogP contribution in [0.15, 0.2) is 12.1 Å². The molecule has 0 aliphatic carbocycles. The molecule has 0 spiro atoms. The summed E-state index contributed by atoms with van der Waals surface area (Å²) >= 11 is 0. The maximum Gasteiger partial charge on any atom is 0.511 e. The smallest absolute Gasteiger partial charge is 0.449 e. The van der Waals surface area contributed by atoms with E-state index in [2.05, 4.69) is 4.74 Å². The van der Waals surface area contributed by atoms with Crippen LogP contribution in [0.2, 0.25) is 0 Å². The Labute approximate surface area is 88.1 Å². The van der Waals surface area contributed by atoms with Crippen molar-refractivity contribution in [3.8, 4) is 17.2 Å². The zero-order valence-corrected chi connectivity index (χ0v) is 7.71. The van der Waals surface area contributed by atoms with E-state index in [4.69, 9.17) is 14.6 Å². The molecule has 0 saturated heterocycles. The highest BCUT2D eigenvalue weighted by atomic mass is 16.7. The first-order valence-corrected chi connectivity index (χ1v) is 4.07. The number of nitro groups is 1. The average molecular weight is 227 g/mol. The van der Waals surface area contributed by atoms with Gasteiger partial charge in [-0.1, -0.05) is 0 Å². The van der Waals surface area contributed by atoms with Crippen LogP contribution < -0.4 is 14.2 Å². The Balaban J connectivity index is 2.48. The van der Waals surface area contributed by atoms with Crippen molar-refractivity contribution in [1.82, 2.24) is 0 Å². The minimum absolute atomic E-state index is 0.0726. The van der Waals surface area contributed by atoms with Crippen LogP contribution in [0.3, 0.4) is 0 Å². The predicted molar refractivity (Wildman–Crippen MR) is 47.9 cm³/mol. The molecule has 2 rings (SSSR count). The molecule has 8 nitrogen and oxygen atoms in total. The van der Waals surface area contributed by atoms with Gasteiger partial charge in [-0.3, -0.25) is 10.1 Å². The van der Waals surface area contributed by atoms with Gasteiger partial charge in [-0.2, -0.15) is 0 Å². The lowest BCUT2D eigenvalue weighted by Gasteiger charge is -2.03. The fourth-order valence-corrected chi connectivity index (χ4v) is 1.28. The van der Waals surface area contributed by atoms with Gasteiger partial charge in [-0.05, 0) is 6.07 Å². The van der Waals surface area contributed by atoms with Crippen molar-refractivity contribution >= 4 is 11.8 Å². The van der Waals surface area contributed by atoms with E-state index in [0.717, 1.165) is 12.1 Å². The van der Waals surface area contributed by atoms with Gasteiger partial charge in [0.15, 0.2) is 5.75 Å². The van der Waals surface area contributed by atoms with Crippen LogP contribution in [0, 0.1) is 10.1 Å². The van der Waals surface area contributed by atoms with E-state index in [1.165, 1.54) is 0 Å². The molecule has 1 heterocycles. The van der Waals surface area contributed by atoms with Gasteiger partial charge in [0.05, 0.1) is 4.92 Å². The highest BCUT2D eigenvalue weighted by Gasteiger charge is 2.30. The Morgan fingerprint density at radius 2 is 2.12 bits per heavy atom. The maximum atomic E-state index is 10.6. The lowest BCUT2D eigenvalue weighted by Crippen LogP contribution is -2.04. The molecule has 84 valence electrons. The molecule has 1 aromatic carbocycles. The van der Waals surface area contributed by atoms with Gasteiger partial charge < -0.3 is 19.3 Å². The van der Waals surface area contributed by atoms with Crippen molar-refractivity contribution in [3.63, 3.8) is 0 Å². The van der Waals surface area contributed by atoms with Crippen molar-refractivity contribution in [2.45, 2.75) is 0 Å². The molecular weight excluding hydrogens is 222 g/mol. The van der Waals surface area contributed by atoms with E-state index < -0.39 is 11.1 Å². The number of ether oxygens (including phenoxy) is 3. The van der Waals surface area contributed by atoms with Crippen LogP contribution >= 0.6 is 0 Å². The van der Waals surface area contributed by atoms with E-state index in [0.29, 0.717) is 0 Å². The minimum Gasteiger partial charge on any atom is -0.449 e. The van der Waals surface area contributed by atoms with Gasteiger partial charge in [0.25, 0.3) is 0 Å². The molecule has 1 aromatic rings. The zero-order chi connectivity index (χ0) is 11.7. The van der Waals surface area contributed by atoms with Crippen LogP contribution in [0.5, 0.6) is 17.2 Å². The van der Waals surface area contributed by atoms with Crippen LogP contribution in [0.4, 0.5) is 10.5 Å². The molecule has 0 fully saturated rings. The van der Waals surface area contributed by atoms with Gasteiger partial charge in [0.1, 0.15) is 0 Å². The minimum atomic E-state index is -1.54. The van der Waals surface area contributed by atoms with Crippen molar-refractivity contribution in [1.29, 1.82) is 0 Å². The van der Waals surface area contributed by atoms with E-state index in [9.17, 15) is 14.9 Å². The largest absolute Gasteiger partial charge is 0.511 e. The highest BCUT2D eigenvalue weighted by molar-refractivity contribution is 5.69. The predicted octanol–water partition coefficient (Wildman–Crippen LogP) is 1.38. The Kier molecular flexibility index (Phi) is 2.24. The summed E-state index contributed by atoms with van der Waals surface area (Å²) in [7, 11) is 0. The quantitative estimate of drug-likeness (QED) is 0.351. The second-order valence-electron chi connectivity index (χ2n) is 2.77. The fourth-order valence-electron chi connectivity index (χ4n) is 1.28. The lowest BCUT2D eigenvalue weighted by molar-refractivity contribution is -0.385. The van der Waals surface area contributed by atoms with Gasteiger partial charge in [0, 0.05) is 6.07 Å². The topological polar surface area (TPSA) is 108 Å². The number of carbonyl (C=O) groups is 1. The van der Waals surface area contributed by atoms with Gasteiger partial charge >= 0.3 is 11.8 Å². The normalized spacial score (nSPS) is 12.2. The molecule has 0 saturated carbocycles. The van der Waals surface area contributed by atoms with Crippen molar-refractivity contribution in [3.05, 3.63) is 22.2 Å². The molecule has 1 N–H and O–H groups in total. The van der Waals surface area contributed by atoms with Crippen LogP contribution in [-0.4, -0.2) is 23.0 Å². The molecule has 0 aromatic heterocycles. The molecule has 1 aliphatic heterocycles. The second-order valence-corrected chi connectivity index (χ2v) is 2.77. The fraction of sp³-hybridized carbons (Fsp3) is 0.125. The first-order valence-electron chi connectivity index (χ1n) is 4.07. The maximum absolute atomic E-state index is 10.6. The third kappa shape index (κ3) is 1.56. The Morgan fingerprint density at radius 3 is 2.75 bits per heavy atom. The van der Waals surface area contributed by atoms with Gasteiger partial charge in [-0.15, -0.1) is 0 Å². The van der Waals surface area contributed by atoms with E-state index >= 15 is 0 Å². The first kappa shape index (κ1) is 10.0. The zero-order valence-electron chi connectivity index (χ0n) is 7.71. The number of rotatable bonds is 2. The number of carboxylic acid groups (broad SMARTS) is 1. The summed E-state index contributed by atoms with van der Waals surface area (Å²) < 4.78 is 14.2. The van der Waals surface area contributed by atoms with Crippen LogP contribution in [0.1, 0.15) is 0 Å². The van der Waals surface area contributed by atoms with Crippen molar-refractivity contribution in [2.75, 3.05) is 6.79 Å². The standard InChI is InChI=1S/C8H5NO7/c10-8(11)16-5-2-1-4(9(12)13)6-7(5)15-3-14-6/h1-2H,3H2,(H,10,11). The molecule has 0 atom stereocenters. The van der Waals surface area contributed by atoms with Gasteiger partial charge in [0.2, 0.25) is 18.3 Å². The summed E-state index contributed by atoms with van der Waals surface area (Å²) in [6, 6.07) is 2.23. The summed E-state index contributed by atoms with van der Waals surface area (Å²) in [5, 5.41) is 19.0. The van der Waals surface area contributed by atoms with Crippen molar-refractivity contribution < 1.29 is 29.0 Å². The number of hydrogen-bond donors (Lipinski definition) is 1. The number of nitro benzene ring substituents is 1. The molecule has 16 heavy (non-hydrogen) atoms. The number of hydrogen-bond acceptors (Lipinski definition) is 6. The van der Waals surface area contributed by atoms with Gasteiger partial charge in [-0.25, -0.2) is 4.79 Å². The number of benzene rings is 1. The van der Waals surface area contributed by atoms with E-state index in [1.54, 1.807) is 0 Å². The third-order valence-electron chi connectivity index (χ3n) is 1.86. The monoisotopic (exact) mass is 227 g/mol. The first-order chi connectivity index (χ1) is 7.59. The van der Waals surface area contributed by atoms with Crippen LogP contribution in [0.25, 0.3) is 0 Å². The highest BCUT2D eigenvalue weighted by Crippen LogP contribution is 2.46. The number of nitrogens with zero attached hydrogens (tertiary/aromatic N) is 1. The van der Waals surface area contributed by atoms with Crippen LogP contribution in [-0.2, 0) is 0 Å². The number of fused-ring (bicyclic) bond motifs is 1. The molecule has 0 amide bonds. The summed E-state index contributed by atoms with van der Waals surface area (Å²) in [6.45, 7) is -0.212. The average Bonchev–Trinajstić information content (AvgIpc) is 2.65. The summed E-state index contributed by atoms with van der Waals surface area (Å²) in [5.41, 5.74) is -0.301. The molecule has 0 unspecified atom stereocenters. The third-order valence-corrected chi connectivity index (χ3v) is 1.86. The molecule has 0 radical (unpaired) electrons. The summed E-state index contributed by atoms with van der Waals surface area (Å²) in [6.07, 6.45) is -1.54. The molecular formula is C8H5NO7. The Bertz CT molecular complexity index is 470. The lowest BCUT2D eigenvalue weighted by atomic mass is 10.2. The molecule has 8 heteroatoms. The summed E-state index contributed by atoms with van der Waals surface area (Å²) in [4.78, 5) is 20.3. The Morgan fingerprint density at radius 1 is 1.44 bits per heavy atom. The SMILES string of the molecule is O=C(O)Oc1ccc([N+](=O)[O-])c2c1OCO2. The van der Waals surface area contributed by atoms with E-state index in [1.807, 2.05) is 0 Å². The molecule has 1 aliphatic rings. The van der Waals surface area contributed by atoms with Crippen molar-refractivity contribution in [2.24, 2.45) is 0 Å². The summed E-state index contributed by atoms with van der Waals surface area (Å²) in [5.74, 6) is -0.328. The Hall–Kier alpha value is -2.51. The second kappa shape index (κ2) is 3.57. The van der Waals surface area contributed by atoms with E-state index in [-0.39, 0.29) is 29.7 Å². The molecule has 0 bridgehead atoms.